The van der Waals surface area contributed by atoms with Gasteiger partial charge < -0.3 is 4.84 Å². The molecule has 1 aromatic heterocycles. The molecule has 3 rings (SSSR count). The maximum atomic E-state index is 12.1. The minimum atomic E-state index is -1.11. The van der Waals surface area contributed by atoms with E-state index in [4.69, 9.17) is 4.84 Å². The second-order valence-electron chi connectivity index (χ2n) is 4.58. The van der Waals surface area contributed by atoms with Gasteiger partial charge >= 0.3 is 5.97 Å². The van der Waals surface area contributed by atoms with Crippen LogP contribution in [0.1, 0.15) is 36.8 Å². The van der Waals surface area contributed by atoms with Crippen LogP contribution in [0.2, 0.25) is 0 Å². The molecule has 8 heteroatoms. The summed E-state index contributed by atoms with van der Waals surface area (Å²) in [6, 6.07) is 7.29. The predicted octanol–water partition coefficient (Wildman–Crippen LogP) is 0.446. The fourth-order valence-corrected chi connectivity index (χ4v) is 2.04. The number of nitrogens with zero attached hydrogens (tertiary/aromatic N) is 2. The average Bonchev–Trinajstić information content (AvgIpc) is 2.75. The number of hydrogen-bond donors (Lipinski definition) is 1. The topological polar surface area (TPSA) is 109 Å². The van der Waals surface area contributed by atoms with Crippen LogP contribution in [0.15, 0.2) is 35.1 Å². The molecule has 1 aromatic carbocycles. The van der Waals surface area contributed by atoms with Gasteiger partial charge in [0.1, 0.15) is 5.56 Å². The molecule has 2 aromatic rings. The van der Waals surface area contributed by atoms with Crippen molar-refractivity contribution in [1.82, 2.24) is 15.3 Å². The second kappa shape index (κ2) is 4.92. The smallest absolute Gasteiger partial charge is 0.324 e. The van der Waals surface area contributed by atoms with Gasteiger partial charge in [0.15, 0.2) is 0 Å². The van der Waals surface area contributed by atoms with Crippen LogP contribution in [0.4, 0.5) is 0 Å². The molecule has 0 spiro atoms. The third kappa shape index (κ3) is 2.06. The number of amides is 2. The third-order valence-electron chi connectivity index (χ3n) is 3.08. The molecule has 1 aliphatic heterocycles. The zero-order valence-electron chi connectivity index (χ0n) is 11.3. The molecule has 0 aliphatic carbocycles. The zero-order valence-corrected chi connectivity index (χ0v) is 11.3. The molecule has 0 fully saturated rings. The van der Waals surface area contributed by atoms with Crippen molar-refractivity contribution >= 4 is 17.8 Å². The summed E-state index contributed by atoms with van der Waals surface area (Å²) >= 11 is 0. The normalized spacial score (nSPS) is 13.2. The van der Waals surface area contributed by atoms with Gasteiger partial charge in [0.05, 0.1) is 16.8 Å². The largest absolute Gasteiger partial charge is 0.369 e. The van der Waals surface area contributed by atoms with Crippen LogP contribution in [0.5, 0.6) is 0 Å². The van der Waals surface area contributed by atoms with Gasteiger partial charge in [0, 0.05) is 0 Å². The number of aromatic nitrogens is 2. The van der Waals surface area contributed by atoms with E-state index < -0.39 is 23.3 Å². The Hall–Kier alpha value is -3.29. The molecule has 0 atom stereocenters. The summed E-state index contributed by atoms with van der Waals surface area (Å²) < 4.78 is 0. The first-order chi connectivity index (χ1) is 10.5. The van der Waals surface area contributed by atoms with Gasteiger partial charge in [-0.2, -0.15) is 5.10 Å². The lowest BCUT2D eigenvalue weighted by atomic mass is 10.1. The van der Waals surface area contributed by atoms with Crippen LogP contribution >= 0.6 is 0 Å². The highest BCUT2D eigenvalue weighted by Crippen LogP contribution is 2.23. The maximum Gasteiger partial charge on any atom is 0.369 e. The molecule has 2 heterocycles. The van der Waals surface area contributed by atoms with Crippen molar-refractivity contribution in [3.8, 4) is 0 Å². The first-order valence-corrected chi connectivity index (χ1v) is 6.25. The van der Waals surface area contributed by atoms with Gasteiger partial charge in [-0.15, -0.1) is 0 Å². The van der Waals surface area contributed by atoms with E-state index in [-0.39, 0.29) is 16.7 Å². The highest BCUT2D eigenvalue weighted by molar-refractivity contribution is 6.21. The van der Waals surface area contributed by atoms with Crippen molar-refractivity contribution in [2.75, 3.05) is 0 Å². The van der Waals surface area contributed by atoms with Gasteiger partial charge in [-0.3, -0.25) is 14.4 Å². The van der Waals surface area contributed by atoms with Crippen molar-refractivity contribution in [1.29, 1.82) is 0 Å². The summed E-state index contributed by atoms with van der Waals surface area (Å²) in [5.41, 5.74) is -0.453. The van der Waals surface area contributed by atoms with Gasteiger partial charge in [-0.05, 0) is 25.1 Å². The fraction of sp³-hybridized carbons (Fsp3) is 0.0714. The summed E-state index contributed by atoms with van der Waals surface area (Å²) in [4.78, 5) is 52.5. The molecule has 0 bridgehead atoms. The Balaban J connectivity index is 1.90. The lowest BCUT2D eigenvalue weighted by molar-refractivity contribution is -0.0586. The highest BCUT2D eigenvalue weighted by atomic mass is 16.7. The maximum absolute atomic E-state index is 12.1. The minimum Gasteiger partial charge on any atom is -0.324 e. The molecule has 0 saturated heterocycles. The molecular formula is C14H9N3O5. The van der Waals surface area contributed by atoms with Crippen molar-refractivity contribution in [2.45, 2.75) is 6.92 Å². The van der Waals surface area contributed by atoms with Crippen LogP contribution in [0.25, 0.3) is 0 Å². The molecule has 8 nitrogen and oxygen atoms in total. The Kier molecular flexibility index (Phi) is 3.06. The number of nitrogens with one attached hydrogen (secondary N) is 1. The third-order valence-corrected chi connectivity index (χ3v) is 3.08. The quantitative estimate of drug-likeness (QED) is 0.806. The summed E-state index contributed by atoms with van der Waals surface area (Å²) in [6.45, 7) is 1.56. The first-order valence-electron chi connectivity index (χ1n) is 6.25. The molecule has 1 aliphatic rings. The molecule has 0 saturated carbocycles. The summed E-state index contributed by atoms with van der Waals surface area (Å²) in [6.07, 6.45) is 0. The number of benzene rings is 1. The second-order valence-corrected chi connectivity index (χ2v) is 4.58. The molecule has 2 amide bonds. The van der Waals surface area contributed by atoms with Crippen LogP contribution in [-0.4, -0.2) is 33.0 Å². The summed E-state index contributed by atoms with van der Waals surface area (Å²) in [7, 11) is 0. The van der Waals surface area contributed by atoms with Gasteiger partial charge in [0.25, 0.3) is 17.4 Å². The predicted molar refractivity (Wildman–Crippen MR) is 72.0 cm³/mol. The summed E-state index contributed by atoms with van der Waals surface area (Å²) in [5.74, 6) is -2.62. The number of carbonyl (C=O) groups excluding carboxylic acids is 3. The number of aryl methyl sites for hydroxylation is 1. The fourth-order valence-electron chi connectivity index (χ4n) is 2.04. The van der Waals surface area contributed by atoms with Crippen LogP contribution in [0.3, 0.4) is 0 Å². The van der Waals surface area contributed by atoms with E-state index in [1.54, 1.807) is 19.1 Å². The van der Waals surface area contributed by atoms with Crippen molar-refractivity contribution in [3.05, 3.63) is 63.1 Å². The minimum absolute atomic E-state index is 0.139. The van der Waals surface area contributed by atoms with Crippen molar-refractivity contribution in [3.63, 3.8) is 0 Å². The zero-order chi connectivity index (χ0) is 15.9. The van der Waals surface area contributed by atoms with E-state index in [0.717, 1.165) is 0 Å². The summed E-state index contributed by atoms with van der Waals surface area (Å²) in [5, 5.41) is 6.09. The lowest BCUT2D eigenvalue weighted by Gasteiger charge is -2.12. The SMILES string of the molecule is Cc1cc(C(=O)ON2C(=O)c3ccccc3C2=O)c(=O)[nH]n1. The van der Waals surface area contributed by atoms with Gasteiger partial charge in [-0.25, -0.2) is 9.89 Å². The molecule has 110 valence electrons. The molecule has 1 N–H and O–H groups in total. The Morgan fingerprint density at radius 1 is 1.14 bits per heavy atom. The number of hydrogen-bond acceptors (Lipinski definition) is 6. The van der Waals surface area contributed by atoms with E-state index in [0.29, 0.717) is 10.8 Å². The Morgan fingerprint density at radius 2 is 1.73 bits per heavy atom. The van der Waals surface area contributed by atoms with Crippen LogP contribution in [-0.2, 0) is 4.84 Å². The monoisotopic (exact) mass is 299 g/mol. The average molecular weight is 299 g/mol. The van der Waals surface area contributed by atoms with E-state index in [1.165, 1.54) is 18.2 Å². The standard InChI is InChI=1S/C14H9N3O5/c1-7-6-10(11(18)16-15-7)14(21)22-17-12(19)8-4-2-3-5-9(8)13(17)20/h2-6H,1H3,(H,16,18). The lowest BCUT2D eigenvalue weighted by Crippen LogP contribution is -2.34. The van der Waals surface area contributed by atoms with Crippen LogP contribution in [0, 0.1) is 6.92 Å². The first kappa shape index (κ1) is 13.7. The number of aromatic amines is 1. The Morgan fingerprint density at radius 3 is 2.32 bits per heavy atom. The number of carbonyl (C=O) groups is 3. The Labute approximate surface area is 123 Å². The van der Waals surface area contributed by atoms with Crippen LogP contribution < -0.4 is 5.56 Å². The van der Waals surface area contributed by atoms with E-state index in [2.05, 4.69) is 10.2 Å². The number of H-pyrrole nitrogens is 1. The molecule has 22 heavy (non-hydrogen) atoms. The Bertz CT molecular complexity index is 836. The van der Waals surface area contributed by atoms with E-state index >= 15 is 0 Å². The van der Waals surface area contributed by atoms with E-state index in [9.17, 15) is 19.2 Å². The van der Waals surface area contributed by atoms with Gasteiger partial charge in [-0.1, -0.05) is 17.2 Å². The highest BCUT2D eigenvalue weighted by Gasteiger charge is 2.39. The van der Waals surface area contributed by atoms with E-state index in [1.807, 2.05) is 0 Å². The van der Waals surface area contributed by atoms with Crippen molar-refractivity contribution < 1.29 is 19.2 Å². The van der Waals surface area contributed by atoms with Crippen molar-refractivity contribution in [2.24, 2.45) is 0 Å². The number of rotatable bonds is 2. The molecular weight excluding hydrogens is 290 g/mol. The number of hydroxylamine groups is 2. The van der Waals surface area contributed by atoms with Gasteiger partial charge in [0.2, 0.25) is 0 Å². The number of imide groups is 1. The molecule has 0 unspecified atom stereocenters. The molecule has 0 radical (unpaired) electrons. The number of fused-ring (bicyclic) bond motifs is 1.